The fourth-order valence-corrected chi connectivity index (χ4v) is 3.31. The number of hydrazone groups is 1. The smallest absolute Gasteiger partial charge is 0.271 e. The number of hydrogen-bond donors (Lipinski definition) is 1. The molecule has 0 radical (unpaired) electrons. The number of benzene rings is 3. The van der Waals surface area contributed by atoms with E-state index in [9.17, 15) is 4.79 Å². The molecule has 0 spiro atoms. The lowest BCUT2D eigenvalue weighted by Crippen LogP contribution is -2.18. The van der Waals surface area contributed by atoms with Crippen LogP contribution < -0.4 is 14.9 Å². The molecule has 0 unspecified atom stereocenters. The van der Waals surface area contributed by atoms with Crippen LogP contribution in [0.3, 0.4) is 0 Å². The minimum Gasteiger partial charge on any atom is -0.493 e. The first kappa shape index (κ1) is 20.6. The van der Waals surface area contributed by atoms with Gasteiger partial charge in [-0.3, -0.25) is 4.79 Å². The van der Waals surface area contributed by atoms with Crippen LogP contribution >= 0.6 is 15.9 Å². The lowest BCUT2D eigenvalue weighted by atomic mass is 10.1. The number of amides is 1. The van der Waals surface area contributed by atoms with E-state index >= 15 is 0 Å². The molecular formula is C23H21BrN2O3. The number of methoxy groups -OCH3 is 1. The van der Waals surface area contributed by atoms with E-state index in [4.69, 9.17) is 9.47 Å². The fourth-order valence-electron chi connectivity index (χ4n) is 2.74. The summed E-state index contributed by atoms with van der Waals surface area (Å²) >= 11 is 3.53. The third-order valence-electron chi connectivity index (χ3n) is 4.25. The first-order chi connectivity index (χ1) is 14.1. The van der Waals surface area contributed by atoms with Gasteiger partial charge in [0.25, 0.3) is 5.91 Å². The van der Waals surface area contributed by atoms with Crippen molar-refractivity contribution < 1.29 is 14.3 Å². The van der Waals surface area contributed by atoms with Crippen molar-refractivity contribution in [2.45, 2.75) is 13.5 Å². The largest absolute Gasteiger partial charge is 0.493 e. The van der Waals surface area contributed by atoms with Gasteiger partial charge in [0.2, 0.25) is 0 Å². The van der Waals surface area contributed by atoms with Gasteiger partial charge in [0.05, 0.1) is 17.8 Å². The number of carbonyl (C=O) groups excluding carboxylic acids is 1. The number of hydrogen-bond acceptors (Lipinski definition) is 4. The number of ether oxygens (including phenoxy) is 2. The maximum Gasteiger partial charge on any atom is 0.271 e. The third kappa shape index (κ3) is 5.45. The van der Waals surface area contributed by atoms with Crippen molar-refractivity contribution in [1.29, 1.82) is 0 Å². The molecule has 6 heteroatoms. The molecule has 5 nitrogen and oxygen atoms in total. The Balaban J connectivity index is 1.70. The molecule has 148 valence electrons. The number of rotatable bonds is 7. The number of nitrogens with zero attached hydrogens (tertiary/aromatic N) is 1. The maximum absolute atomic E-state index is 12.2. The van der Waals surface area contributed by atoms with Crippen LogP contribution in [-0.2, 0) is 6.61 Å². The molecule has 0 atom stereocenters. The van der Waals surface area contributed by atoms with E-state index in [2.05, 4.69) is 26.5 Å². The third-order valence-corrected chi connectivity index (χ3v) is 4.84. The van der Waals surface area contributed by atoms with E-state index in [1.807, 2.05) is 61.5 Å². The summed E-state index contributed by atoms with van der Waals surface area (Å²) in [5.41, 5.74) is 5.85. The van der Waals surface area contributed by atoms with Crippen molar-refractivity contribution in [1.82, 2.24) is 5.43 Å². The average molecular weight is 453 g/mol. The van der Waals surface area contributed by atoms with Crippen molar-refractivity contribution in [2.24, 2.45) is 5.10 Å². The first-order valence-corrected chi connectivity index (χ1v) is 9.81. The van der Waals surface area contributed by atoms with Gasteiger partial charge in [0.1, 0.15) is 6.61 Å². The van der Waals surface area contributed by atoms with Crippen LogP contribution in [0.15, 0.2) is 76.3 Å². The quantitative estimate of drug-likeness (QED) is 0.400. The van der Waals surface area contributed by atoms with Crippen molar-refractivity contribution >= 4 is 28.1 Å². The second-order valence-corrected chi connectivity index (χ2v) is 7.18. The summed E-state index contributed by atoms with van der Waals surface area (Å²) in [6, 6.07) is 20.9. The van der Waals surface area contributed by atoms with E-state index in [-0.39, 0.29) is 5.91 Å². The summed E-state index contributed by atoms with van der Waals surface area (Å²) < 4.78 is 12.1. The molecule has 3 aromatic rings. The van der Waals surface area contributed by atoms with Gasteiger partial charge >= 0.3 is 0 Å². The molecule has 0 saturated heterocycles. The Morgan fingerprint density at radius 1 is 1.10 bits per heavy atom. The molecule has 0 saturated carbocycles. The van der Waals surface area contributed by atoms with Crippen molar-refractivity contribution in [3.8, 4) is 11.5 Å². The molecule has 3 aromatic carbocycles. The highest BCUT2D eigenvalue weighted by Gasteiger charge is 2.12. The molecule has 0 aliphatic heterocycles. The van der Waals surface area contributed by atoms with Crippen LogP contribution in [-0.4, -0.2) is 19.2 Å². The predicted octanol–water partition coefficient (Wildman–Crippen LogP) is 5.11. The van der Waals surface area contributed by atoms with Gasteiger partial charge < -0.3 is 9.47 Å². The normalized spacial score (nSPS) is 10.7. The summed E-state index contributed by atoms with van der Waals surface area (Å²) in [5, 5.41) is 4.06. The van der Waals surface area contributed by atoms with Crippen LogP contribution in [0.5, 0.6) is 11.5 Å². The van der Waals surface area contributed by atoms with E-state index in [0.717, 1.165) is 21.2 Å². The molecule has 0 heterocycles. The Hall–Kier alpha value is -3.12. The van der Waals surface area contributed by atoms with Crippen LogP contribution in [0, 0.1) is 6.92 Å². The molecule has 3 rings (SSSR count). The van der Waals surface area contributed by atoms with Crippen LogP contribution in [0.4, 0.5) is 0 Å². The van der Waals surface area contributed by atoms with E-state index in [0.29, 0.717) is 23.7 Å². The Morgan fingerprint density at radius 2 is 1.83 bits per heavy atom. The monoisotopic (exact) mass is 452 g/mol. The highest BCUT2D eigenvalue weighted by molar-refractivity contribution is 9.10. The lowest BCUT2D eigenvalue weighted by Gasteiger charge is -2.13. The minimum absolute atomic E-state index is 0.256. The zero-order chi connectivity index (χ0) is 20.6. The first-order valence-electron chi connectivity index (χ1n) is 9.02. The van der Waals surface area contributed by atoms with Crippen molar-refractivity contribution in [3.05, 3.63) is 93.5 Å². The van der Waals surface area contributed by atoms with Crippen molar-refractivity contribution in [2.75, 3.05) is 7.11 Å². The van der Waals surface area contributed by atoms with E-state index < -0.39 is 0 Å². The summed E-state index contributed by atoms with van der Waals surface area (Å²) in [6.45, 7) is 2.31. The molecule has 0 aliphatic rings. The Morgan fingerprint density at radius 3 is 2.55 bits per heavy atom. The highest BCUT2D eigenvalue weighted by atomic mass is 79.9. The van der Waals surface area contributed by atoms with Gasteiger partial charge in [0.15, 0.2) is 11.5 Å². The number of halogens is 1. The van der Waals surface area contributed by atoms with E-state index in [1.54, 1.807) is 25.5 Å². The summed E-state index contributed by atoms with van der Waals surface area (Å²) in [5.74, 6) is 0.924. The number of aryl methyl sites for hydroxylation is 1. The highest BCUT2D eigenvalue weighted by Crippen LogP contribution is 2.36. The summed E-state index contributed by atoms with van der Waals surface area (Å²) in [4.78, 5) is 12.2. The molecular weight excluding hydrogens is 432 g/mol. The van der Waals surface area contributed by atoms with Gasteiger partial charge in [-0.1, -0.05) is 48.5 Å². The van der Waals surface area contributed by atoms with Crippen LogP contribution in [0.1, 0.15) is 27.0 Å². The molecule has 1 N–H and O–H groups in total. The Bertz CT molecular complexity index is 1020. The molecule has 0 bridgehead atoms. The standard InChI is InChI=1S/C23H21BrN2O3/c1-16-8-6-7-11-19(16)23(27)26-25-14-18-12-20(24)22(21(13-18)28-2)29-15-17-9-4-3-5-10-17/h3-14H,15H2,1-2H3,(H,26,27)/b25-14-. The maximum atomic E-state index is 12.2. The van der Waals surface area contributed by atoms with Gasteiger partial charge in [-0.15, -0.1) is 0 Å². The number of nitrogens with one attached hydrogen (secondary N) is 1. The summed E-state index contributed by atoms with van der Waals surface area (Å²) in [6.07, 6.45) is 1.56. The lowest BCUT2D eigenvalue weighted by molar-refractivity contribution is 0.0954. The number of carbonyl (C=O) groups is 1. The SMILES string of the molecule is COc1cc(/C=N\NC(=O)c2ccccc2C)cc(Br)c1OCc1ccccc1. The minimum atomic E-state index is -0.256. The predicted molar refractivity (Wildman–Crippen MR) is 118 cm³/mol. The van der Waals surface area contributed by atoms with Crippen LogP contribution in [0.2, 0.25) is 0 Å². The Labute approximate surface area is 178 Å². The van der Waals surface area contributed by atoms with Crippen LogP contribution in [0.25, 0.3) is 0 Å². The second kappa shape index (κ2) is 9.89. The molecule has 0 fully saturated rings. The van der Waals surface area contributed by atoms with E-state index in [1.165, 1.54) is 0 Å². The summed E-state index contributed by atoms with van der Waals surface area (Å²) in [7, 11) is 1.58. The molecule has 0 aliphatic carbocycles. The fraction of sp³-hybridized carbons (Fsp3) is 0.130. The van der Waals surface area contributed by atoms with Gasteiger partial charge in [-0.25, -0.2) is 5.43 Å². The molecule has 1 amide bonds. The zero-order valence-electron chi connectivity index (χ0n) is 16.2. The average Bonchev–Trinajstić information content (AvgIpc) is 2.73. The molecule has 29 heavy (non-hydrogen) atoms. The second-order valence-electron chi connectivity index (χ2n) is 6.32. The topological polar surface area (TPSA) is 59.9 Å². The Kier molecular flexibility index (Phi) is 7.03. The van der Waals surface area contributed by atoms with Gasteiger partial charge in [-0.2, -0.15) is 5.10 Å². The zero-order valence-corrected chi connectivity index (χ0v) is 17.8. The van der Waals surface area contributed by atoms with Crippen molar-refractivity contribution in [3.63, 3.8) is 0 Å². The van der Waals surface area contributed by atoms with Gasteiger partial charge in [-0.05, 0) is 57.7 Å². The van der Waals surface area contributed by atoms with Gasteiger partial charge in [0, 0.05) is 5.56 Å². The molecule has 0 aromatic heterocycles.